The molecule has 0 spiro atoms. The molecule has 0 saturated heterocycles. The summed E-state index contributed by atoms with van der Waals surface area (Å²) >= 11 is 0. The molecule has 0 atom stereocenters. The van der Waals surface area contributed by atoms with Gasteiger partial charge in [0.05, 0.1) is 0 Å². The molecule has 0 bridgehead atoms. The molecule has 1 aliphatic rings. The molecule has 4 rings (SSSR count). The van der Waals surface area contributed by atoms with Crippen LogP contribution < -0.4 is 15.4 Å². The Kier molecular flexibility index (Phi) is 5.48. The van der Waals surface area contributed by atoms with E-state index in [9.17, 15) is 14.0 Å². The number of hydrogen-bond donors (Lipinski definition) is 2. The van der Waals surface area contributed by atoms with Crippen molar-refractivity contribution >= 4 is 23.2 Å². The normalized spacial score (nSPS) is 13.9. The van der Waals surface area contributed by atoms with Gasteiger partial charge in [0.15, 0.2) is 0 Å². The maximum Gasteiger partial charge on any atom is 0.240 e. The van der Waals surface area contributed by atoms with Gasteiger partial charge >= 0.3 is 0 Å². The Bertz CT molecular complexity index is 1030. The fourth-order valence-electron chi connectivity index (χ4n) is 3.09. The number of rotatable bonds is 7. The maximum atomic E-state index is 13.0. The third-order valence-corrected chi connectivity index (χ3v) is 5.08. The van der Waals surface area contributed by atoms with Gasteiger partial charge in [-0.25, -0.2) is 4.39 Å². The van der Waals surface area contributed by atoms with E-state index in [4.69, 9.17) is 4.74 Å². The van der Waals surface area contributed by atoms with Crippen LogP contribution in [0.25, 0.3) is 0 Å². The van der Waals surface area contributed by atoms with Crippen LogP contribution in [0.15, 0.2) is 78.9 Å². The van der Waals surface area contributed by atoms with Crippen LogP contribution in [0.2, 0.25) is 0 Å². The number of nitrogens with one attached hydrogen (secondary N) is 2. The Morgan fingerprint density at radius 2 is 1.33 bits per heavy atom. The zero-order valence-electron chi connectivity index (χ0n) is 16.2. The highest BCUT2D eigenvalue weighted by Gasteiger charge is 2.56. The largest absolute Gasteiger partial charge is 0.489 e. The van der Waals surface area contributed by atoms with Crippen molar-refractivity contribution in [2.45, 2.75) is 19.4 Å². The average Bonchev–Trinajstić information content (AvgIpc) is 3.58. The minimum Gasteiger partial charge on any atom is -0.489 e. The van der Waals surface area contributed by atoms with Crippen LogP contribution >= 0.6 is 0 Å². The summed E-state index contributed by atoms with van der Waals surface area (Å²) in [5.41, 5.74) is 1.03. The summed E-state index contributed by atoms with van der Waals surface area (Å²) in [4.78, 5) is 25.3. The van der Waals surface area contributed by atoms with Gasteiger partial charge < -0.3 is 15.4 Å². The lowest BCUT2D eigenvalue weighted by molar-refractivity contribution is -0.131. The zero-order chi connectivity index (χ0) is 21.0. The van der Waals surface area contributed by atoms with E-state index in [2.05, 4.69) is 10.6 Å². The Morgan fingerprint density at radius 3 is 1.87 bits per heavy atom. The molecule has 6 heteroatoms. The second kappa shape index (κ2) is 8.37. The molecule has 5 nitrogen and oxygen atoms in total. The quantitative estimate of drug-likeness (QED) is 0.558. The molecule has 152 valence electrons. The van der Waals surface area contributed by atoms with Crippen molar-refractivity contribution in [3.8, 4) is 5.75 Å². The highest BCUT2D eigenvalue weighted by molar-refractivity contribution is 6.16. The molecule has 0 heterocycles. The van der Waals surface area contributed by atoms with Gasteiger partial charge in [-0.1, -0.05) is 30.3 Å². The summed E-state index contributed by atoms with van der Waals surface area (Å²) in [5, 5.41) is 5.50. The van der Waals surface area contributed by atoms with E-state index in [0.29, 0.717) is 36.6 Å². The van der Waals surface area contributed by atoms with Gasteiger partial charge in [-0.3, -0.25) is 9.59 Å². The highest BCUT2D eigenvalue weighted by Crippen LogP contribution is 2.47. The summed E-state index contributed by atoms with van der Waals surface area (Å²) in [6, 6.07) is 22.3. The molecule has 2 N–H and O–H groups in total. The van der Waals surface area contributed by atoms with Crippen LogP contribution in [0, 0.1) is 11.2 Å². The van der Waals surface area contributed by atoms with Crippen molar-refractivity contribution in [3.05, 3.63) is 90.2 Å². The van der Waals surface area contributed by atoms with E-state index in [1.165, 1.54) is 24.3 Å². The number of ether oxygens (including phenoxy) is 1. The third kappa shape index (κ3) is 4.49. The van der Waals surface area contributed by atoms with Crippen molar-refractivity contribution in [2.24, 2.45) is 5.41 Å². The molecule has 0 radical (unpaired) electrons. The fraction of sp³-hybridized carbons (Fsp3) is 0.167. The van der Waals surface area contributed by atoms with Crippen molar-refractivity contribution in [1.82, 2.24) is 0 Å². The molecule has 0 unspecified atom stereocenters. The molecular weight excluding hydrogens is 383 g/mol. The van der Waals surface area contributed by atoms with Gasteiger partial charge in [-0.05, 0) is 66.9 Å². The Balaban J connectivity index is 1.33. The molecule has 1 fully saturated rings. The second-order valence-corrected chi connectivity index (χ2v) is 7.30. The Hall–Kier alpha value is -3.67. The summed E-state index contributed by atoms with van der Waals surface area (Å²) < 4.78 is 18.8. The van der Waals surface area contributed by atoms with Crippen molar-refractivity contribution in [2.75, 3.05) is 10.6 Å². The van der Waals surface area contributed by atoms with Crippen LogP contribution in [0.5, 0.6) is 5.75 Å². The number of anilines is 2. The summed E-state index contributed by atoms with van der Waals surface area (Å²) in [7, 11) is 0. The summed E-state index contributed by atoms with van der Waals surface area (Å²) in [6.07, 6.45) is 0.953. The molecule has 2 amide bonds. The Morgan fingerprint density at radius 1 is 0.800 bits per heavy atom. The van der Waals surface area contributed by atoms with E-state index < -0.39 is 5.41 Å². The number of carbonyl (C=O) groups is 2. The molecule has 1 aliphatic carbocycles. The van der Waals surface area contributed by atoms with Crippen LogP contribution in [0.1, 0.15) is 18.4 Å². The second-order valence-electron chi connectivity index (χ2n) is 7.30. The van der Waals surface area contributed by atoms with E-state index in [0.717, 1.165) is 5.56 Å². The fourth-order valence-corrected chi connectivity index (χ4v) is 3.09. The average molecular weight is 404 g/mol. The predicted molar refractivity (Wildman–Crippen MR) is 113 cm³/mol. The Labute approximate surface area is 173 Å². The molecule has 1 saturated carbocycles. The highest BCUT2D eigenvalue weighted by atomic mass is 19.1. The molecule has 3 aromatic rings. The minimum absolute atomic E-state index is 0.347. The van der Waals surface area contributed by atoms with Crippen LogP contribution in [0.4, 0.5) is 15.8 Å². The number of hydrogen-bond acceptors (Lipinski definition) is 3. The summed E-state index contributed by atoms with van der Waals surface area (Å²) in [5.74, 6) is -0.426. The number of halogens is 1. The number of amides is 2. The van der Waals surface area contributed by atoms with Crippen molar-refractivity contribution in [1.29, 1.82) is 0 Å². The number of benzene rings is 3. The van der Waals surface area contributed by atoms with Crippen molar-refractivity contribution in [3.63, 3.8) is 0 Å². The lowest BCUT2D eigenvalue weighted by Crippen LogP contribution is -2.35. The molecule has 3 aromatic carbocycles. The first-order valence-corrected chi connectivity index (χ1v) is 9.70. The van der Waals surface area contributed by atoms with Gasteiger partial charge in [0.25, 0.3) is 0 Å². The van der Waals surface area contributed by atoms with Gasteiger partial charge in [0.2, 0.25) is 11.8 Å². The molecule has 0 aromatic heterocycles. The van der Waals surface area contributed by atoms with E-state index in [1.54, 1.807) is 24.3 Å². The third-order valence-electron chi connectivity index (χ3n) is 5.08. The monoisotopic (exact) mass is 404 g/mol. The molecular formula is C24H21FN2O3. The first-order chi connectivity index (χ1) is 14.5. The zero-order valence-corrected chi connectivity index (χ0v) is 16.2. The number of carbonyl (C=O) groups excluding carboxylic acids is 2. The minimum atomic E-state index is -1.09. The maximum absolute atomic E-state index is 13.0. The topological polar surface area (TPSA) is 67.4 Å². The SMILES string of the molecule is O=C(Nc1ccc(F)cc1)C1(C(=O)Nc2ccc(OCc3ccccc3)cc2)CC1. The summed E-state index contributed by atoms with van der Waals surface area (Å²) in [6.45, 7) is 0.458. The van der Waals surface area contributed by atoms with Gasteiger partial charge in [0, 0.05) is 11.4 Å². The van der Waals surface area contributed by atoms with Gasteiger partial charge in [-0.2, -0.15) is 0 Å². The van der Waals surface area contributed by atoms with Crippen LogP contribution in [-0.4, -0.2) is 11.8 Å². The first-order valence-electron chi connectivity index (χ1n) is 9.70. The van der Waals surface area contributed by atoms with E-state index >= 15 is 0 Å². The van der Waals surface area contributed by atoms with Crippen molar-refractivity contribution < 1.29 is 18.7 Å². The van der Waals surface area contributed by atoms with E-state index in [-0.39, 0.29) is 17.6 Å². The lowest BCUT2D eigenvalue weighted by Gasteiger charge is -2.16. The van der Waals surface area contributed by atoms with Crippen LogP contribution in [-0.2, 0) is 16.2 Å². The van der Waals surface area contributed by atoms with Gasteiger partial charge in [-0.15, -0.1) is 0 Å². The van der Waals surface area contributed by atoms with E-state index in [1.807, 2.05) is 30.3 Å². The van der Waals surface area contributed by atoms with Crippen LogP contribution in [0.3, 0.4) is 0 Å². The smallest absolute Gasteiger partial charge is 0.240 e. The predicted octanol–water partition coefficient (Wildman–Crippen LogP) is 4.76. The lowest BCUT2D eigenvalue weighted by atomic mass is 10.0. The molecule has 0 aliphatic heterocycles. The first kappa shape index (κ1) is 19.6. The molecule has 30 heavy (non-hydrogen) atoms. The van der Waals surface area contributed by atoms with Gasteiger partial charge in [0.1, 0.15) is 23.6 Å². The standard InChI is InChI=1S/C24H21FN2O3/c25-18-6-8-19(9-7-18)26-22(28)24(14-15-24)23(29)27-20-10-12-21(13-11-20)30-16-17-4-2-1-3-5-17/h1-13H,14-16H2,(H,26,28)(H,27,29).